The fraction of sp³-hybridized carbons (Fsp3) is 0.588. The Bertz CT molecular complexity index is 861. The van der Waals surface area contributed by atoms with Crippen LogP contribution in [0, 0.1) is 0 Å². The molecule has 0 amide bonds. The minimum Gasteiger partial charge on any atom is -0.441 e. The monoisotopic (exact) mass is 349 g/mol. The topological polar surface area (TPSA) is 66.7 Å². The molecule has 2 aromatic rings. The molecule has 1 aromatic heterocycles. The van der Waals surface area contributed by atoms with Crippen LogP contribution < -0.4 is 0 Å². The first-order valence-corrected chi connectivity index (χ1v) is 10.1. The Morgan fingerprint density at radius 2 is 2.17 bits per heavy atom. The molecule has 0 radical (unpaired) electrons. The number of piperazine rings is 1. The van der Waals surface area contributed by atoms with Crippen molar-refractivity contribution >= 4 is 21.1 Å². The standard InChI is InChI=1S/C17H23N3O3S/c1-3-17-18-15-9-14(6-7-16(15)23-17)24(21,22)20-11-13-5-4-8-19(13)10-12(20)2/h6-7,9,12-13H,3-5,8,10-11H2,1-2H3/t12-,13-/m1/s1. The third kappa shape index (κ3) is 2.55. The van der Waals surface area contributed by atoms with Gasteiger partial charge < -0.3 is 4.42 Å². The zero-order valence-electron chi connectivity index (χ0n) is 14.1. The van der Waals surface area contributed by atoms with E-state index in [1.54, 1.807) is 22.5 Å². The van der Waals surface area contributed by atoms with Gasteiger partial charge >= 0.3 is 0 Å². The van der Waals surface area contributed by atoms with Crippen molar-refractivity contribution in [3.05, 3.63) is 24.1 Å². The van der Waals surface area contributed by atoms with E-state index < -0.39 is 10.0 Å². The lowest BCUT2D eigenvalue weighted by molar-refractivity contribution is 0.117. The molecule has 1 aromatic carbocycles. The molecule has 24 heavy (non-hydrogen) atoms. The smallest absolute Gasteiger partial charge is 0.243 e. The van der Waals surface area contributed by atoms with Crippen LogP contribution in [-0.2, 0) is 16.4 Å². The van der Waals surface area contributed by atoms with Crippen LogP contribution in [0.4, 0.5) is 0 Å². The predicted molar refractivity (Wildman–Crippen MR) is 91.3 cm³/mol. The van der Waals surface area contributed by atoms with Crippen LogP contribution in [0.15, 0.2) is 27.5 Å². The van der Waals surface area contributed by atoms with Gasteiger partial charge in [-0.1, -0.05) is 6.92 Å². The van der Waals surface area contributed by atoms with Crippen molar-refractivity contribution in [2.75, 3.05) is 19.6 Å². The Morgan fingerprint density at radius 1 is 1.33 bits per heavy atom. The van der Waals surface area contributed by atoms with Gasteiger partial charge in [0.25, 0.3) is 0 Å². The Balaban J connectivity index is 1.68. The lowest BCUT2D eigenvalue weighted by atomic mass is 10.1. The average Bonchev–Trinajstić information content (AvgIpc) is 3.18. The minimum absolute atomic E-state index is 0.0106. The SMILES string of the molecule is CCc1nc2cc(S(=O)(=O)N3C[C@H]4CCCN4C[C@H]3C)ccc2o1. The molecule has 2 fully saturated rings. The van der Waals surface area contributed by atoms with Crippen LogP contribution in [0.5, 0.6) is 0 Å². The first-order valence-electron chi connectivity index (χ1n) is 8.64. The molecule has 4 rings (SSSR count). The fourth-order valence-electron chi connectivity index (χ4n) is 3.90. The average molecular weight is 349 g/mol. The number of aromatic nitrogens is 1. The second kappa shape index (κ2) is 5.82. The highest BCUT2D eigenvalue weighted by Crippen LogP contribution is 2.30. The van der Waals surface area contributed by atoms with Gasteiger partial charge in [-0.25, -0.2) is 13.4 Å². The van der Waals surface area contributed by atoms with Crippen LogP contribution >= 0.6 is 0 Å². The van der Waals surface area contributed by atoms with E-state index in [1.807, 2.05) is 13.8 Å². The highest BCUT2D eigenvalue weighted by Gasteiger charge is 2.40. The summed E-state index contributed by atoms with van der Waals surface area (Å²) in [6.07, 6.45) is 2.94. The number of fused-ring (bicyclic) bond motifs is 2. The van der Waals surface area contributed by atoms with Gasteiger partial charge in [-0.15, -0.1) is 0 Å². The molecular formula is C17H23N3O3S. The van der Waals surface area contributed by atoms with E-state index in [4.69, 9.17) is 4.42 Å². The summed E-state index contributed by atoms with van der Waals surface area (Å²) in [6.45, 7) is 6.45. The van der Waals surface area contributed by atoms with Gasteiger partial charge in [-0.05, 0) is 44.5 Å². The molecular weight excluding hydrogens is 326 g/mol. The molecule has 0 bridgehead atoms. The third-order valence-corrected chi connectivity index (χ3v) is 7.17. The van der Waals surface area contributed by atoms with Gasteiger partial charge in [0.15, 0.2) is 11.5 Å². The Hall–Kier alpha value is -1.44. The Labute approximate surface area is 142 Å². The Kier molecular flexibility index (Phi) is 3.89. The van der Waals surface area contributed by atoms with Crippen molar-refractivity contribution in [3.8, 4) is 0 Å². The number of oxazole rings is 1. The second-order valence-corrected chi connectivity index (χ2v) is 8.70. The van der Waals surface area contributed by atoms with E-state index >= 15 is 0 Å². The second-order valence-electron chi connectivity index (χ2n) is 6.81. The summed E-state index contributed by atoms with van der Waals surface area (Å²) in [7, 11) is -3.51. The molecule has 0 unspecified atom stereocenters. The van der Waals surface area contributed by atoms with Crippen molar-refractivity contribution in [1.82, 2.24) is 14.2 Å². The molecule has 2 saturated heterocycles. The quantitative estimate of drug-likeness (QED) is 0.850. The lowest BCUT2D eigenvalue weighted by Crippen LogP contribution is -2.56. The molecule has 0 spiro atoms. The van der Waals surface area contributed by atoms with Gasteiger partial charge in [-0.3, -0.25) is 4.90 Å². The van der Waals surface area contributed by atoms with Crippen LogP contribution in [0.1, 0.15) is 32.6 Å². The van der Waals surface area contributed by atoms with Gasteiger partial charge in [0.05, 0.1) is 4.90 Å². The lowest BCUT2D eigenvalue weighted by Gasteiger charge is -2.41. The van der Waals surface area contributed by atoms with Crippen LogP contribution in [0.3, 0.4) is 0 Å². The van der Waals surface area contributed by atoms with Crippen molar-refractivity contribution in [2.45, 2.75) is 50.1 Å². The van der Waals surface area contributed by atoms with Crippen molar-refractivity contribution < 1.29 is 12.8 Å². The Morgan fingerprint density at radius 3 is 2.96 bits per heavy atom. The van der Waals surface area contributed by atoms with E-state index in [9.17, 15) is 8.42 Å². The van der Waals surface area contributed by atoms with Gasteiger partial charge in [0, 0.05) is 31.6 Å². The maximum atomic E-state index is 13.2. The van der Waals surface area contributed by atoms with Crippen molar-refractivity contribution in [2.24, 2.45) is 0 Å². The maximum absolute atomic E-state index is 13.2. The molecule has 3 heterocycles. The highest BCUT2D eigenvalue weighted by atomic mass is 32.2. The third-order valence-electron chi connectivity index (χ3n) is 5.19. The van der Waals surface area contributed by atoms with Gasteiger partial charge in [0.1, 0.15) is 5.52 Å². The molecule has 0 aliphatic carbocycles. The molecule has 2 aliphatic heterocycles. The first-order chi connectivity index (χ1) is 11.5. The van der Waals surface area contributed by atoms with Crippen LogP contribution in [-0.4, -0.2) is 54.3 Å². The molecule has 0 N–H and O–H groups in total. The number of sulfonamides is 1. The number of hydrogen-bond donors (Lipinski definition) is 0. The summed E-state index contributed by atoms with van der Waals surface area (Å²) in [6, 6.07) is 5.34. The zero-order chi connectivity index (χ0) is 16.9. The van der Waals surface area contributed by atoms with E-state index in [0.717, 1.165) is 25.9 Å². The van der Waals surface area contributed by atoms with Crippen LogP contribution in [0.2, 0.25) is 0 Å². The minimum atomic E-state index is -3.51. The highest BCUT2D eigenvalue weighted by molar-refractivity contribution is 7.89. The number of rotatable bonds is 3. The van der Waals surface area contributed by atoms with Gasteiger partial charge in [0.2, 0.25) is 10.0 Å². The number of hydrogen-bond acceptors (Lipinski definition) is 5. The number of aryl methyl sites for hydroxylation is 1. The normalized spacial score (nSPS) is 26.1. The first kappa shape index (κ1) is 16.1. The summed E-state index contributed by atoms with van der Waals surface area (Å²) in [5, 5.41) is 0. The van der Waals surface area contributed by atoms with Crippen molar-refractivity contribution in [1.29, 1.82) is 0 Å². The maximum Gasteiger partial charge on any atom is 0.243 e. The molecule has 0 saturated carbocycles. The summed E-state index contributed by atoms with van der Waals surface area (Å²) in [5.41, 5.74) is 1.25. The zero-order valence-corrected chi connectivity index (χ0v) is 14.9. The predicted octanol–water partition coefficient (Wildman–Crippen LogP) is 2.25. The van der Waals surface area contributed by atoms with Crippen LogP contribution in [0.25, 0.3) is 11.1 Å². The van der Waals surface area contributed by atoms with Gasteiger partial charge in [-0.2, -0.15) is 4.31 Å². The van der Waals surface area contributed by atoms with E-state index in [2.05, 4.69) is 9.88 Å². The number of benzene rings is 1. The van der Waals surface area contributed by atoms with E-state index in [-0.39, 0.29) is 6.04 Å². The summed E-state index contributed by atoms with van der Waals surface area (Å²) < 4.78 is 33.6. The molecule has 130 valence electrons. The largest absolute Gasteiger partial charge is 0.441 e. The number of nitrogens with zero attached hydrogens (tertiary/aromatic N) is 3. The molecule has 2 atom stereocenters. The van der Waals surface area contributed by atoms with E-state index in [1.165, 1.54) is 0 Å². The molecule has 2 aliphatic rings. The summed E-state index contributed by atoms with van der Waals surface area (Å²) in [5.74, 6) is 0.632. The summed E-state index contributed by atoms with van der Waals surface area (Å²) >= 11 is 0. The van der Waals surface area contributed by atoms with Crippen molar-refractivity contribution in [3.63, 3.8) is 0 Å². The fourth-order valence-corrected chi connectivity index (χ4v) is 5.58. The van der Waals surface area contributed by atoms with E-state index in [0.29, 0.717) is 40.9 Å². The molecule has 7 heteroatoms. The summed E-state index contributed by atoms with van der Waals surface area (Å²) in [4.78, 5) is 7.10. The molecule has 6 nitrogen and oxygen atoms in total.